The van der Waals surface area contributed by atoms with Crippen LogP contribution in [-0.2, 0) is 14.1 Å². The highest BCUT2D eigenvalue weighted by Crippen LogP contribution is 2.11. The summed E-state index contributed by atoms with van der Waals surface area (Å²) in [5.41, 5.74) is 2.94. The lowest BCUT2D eigenvalue weighted by Gasteiger charge is -1.91. The second-order valence-electron chi connectivity index (χ2n) is 4.81. The number of rotatable bonds is 1. The Balaban J connectivity index is 0.000000133. The number of aryl methyl sites for hydroxylation is 2. The molecule has 0 spiro atoms. The lowest BCUT2D eigenvalue weighted by atomic mass is 10.2. The monoisotopic (exact) mass is 292 g/mol. The van der Waals surface area contributed by atoms with Crippen LogP contribution in [0.5, 0.6) is 0 Å². The first-order chi connectivity index (χ1) is 10.7. The molecule has 0 saturated heterocycles. The largest absolute Gasteiger partial charge is 0.332 e. The van der Waals surface area contributed by atoms with Gasteiger partial charge >= 0.3 is 0 Å². The molecule has 0 unspecified atom stereocenters. The van der Waals surface area contributed by atoms with Crippen LogP contribution in [0.2, 0.25) is 0 Å². The van der Waals surface area contributed by atoms with E-state index in [1.807, 2.05) is 61.1 Å². The molecule has 0 aliphatic rings. The van der Waals surface area contributed by atoms with E-state index in [2.05, 4.69) is 20.1 Å². The van der Waals surface area contributed by atoms with Crippen molar-refractivity contribution in [2.75, 3.05) is 0 Å². The molecule has 0 fully saturated rings. The number of nitrogens with zero attached hydrogens (tertiary/aromatic N) is 6. The molecule has 0 amide bonds. The Labute approximate surface area is 128 Å². The van der Waals surface area contributed by atoms with Gasteiger partial charge in [0, 0.05) is 25.9 Å². The van der Waals surface area contributed by atoms with Crippen molar-refractivity contribution in [1.29, 1.82) is 0 Å². The zero-order valence-electron chi connectivity index (χ0n) is 12.5. The SMILES string of the molecule is Cn1cnc(-c2ccccc2)n1.Cn1cnc2ncccc21. The molecule has 0 saturated carbocycles. The normalized spacial score (nSPS) is 10.3. The minimum absolute atomic E-state index is 0.776. The second-order valence-corrected chi connectivity index (χ2v) is 4.81. The van der Waals surface area contributed by atoms with Crippen molar-refractivity contribution in [3.05, 3.63) is 61.3 Å². The van der Waals surface area contributed by atoms with Gasteiger partial charge in [0.25, 0.3) is 0 Å². The molecular weight excluding hydrogens is 276 g/mol. The number of hydrogen-bond acceptors (Lipinski definition) is 4. The highest BCUT2D eigenvalue weighted by atomic mass is 15.3. The zero-order valence-corrected chi connectivity index (χ0v) is 12.5. The Kier molecular flexibility index (Phi) is 3.91. The summed E-state index contributed by atoms with van der Waals surface area (Å²) < 4.78 is 3.64. The average Bonchev–Trinajstić information content (AvgIpc) is 3.16. The fourth-order valence-corrected chi connectivity index (χ4v) is 2.03. The van der Waals surface area contributed by atoms with Gasteiger partial charge in [-0.3, -0.25) is 4.68 Å². The maximum absolute atomic E-state index is 4.19. The van der Waals surface area contributed by atoms with E-state index in [9.17, 15) is 0 Å². The van der Waals surface area contributed by atoms with Crippen LogP contribution in [-0.4, -0.2) is 29.3 Å². The molecular formula is C16H16N6. The third-order valence-electron chi connectivity index (χ3n) is 3.13. The highest BCUT2D eigenvalue weighted by Gasteiger charge is 1.99. The minimum Gasteiger partial charge on any atom is -0.332 e. The van der Waals surface area contributed by atoms with Gasteiger partial charge in [0.1, 0.15) is 6.33 Å². The Hall–Kier alpha value is -3.02. The van der Waals surface area contributed by atoms with Crippen LogP contribution in [0.15, 0.2) is 61.3 Å². The molecule has 1 aromatic carbocycles. The molecule has 0 atom stereocenters. The van der Waals surface area contributed by atoms with Gasteiger partial charge in [-0.2, -0.15) is 5.10 Å². The average molecular weight is 292 g/mol. The van der Waals surface area contributed by atoms with Crippen LogP contribution < -0.4 is 0 Å². The first-order valence-electron chi connectivity index (χ1n) is 6.87. The number of fused-ring (bicyclic) bond motifs is 1. The predicted octanol–water partition coefficient (Wildman–Crippen LogP) is 2.45. The minimum atomic E-state index is 0.776. The number of pyridine rings is 1. The maximum Gasteiger partial charge on any atom is 0.181 e. The molecule has 3 heterocycles. The molecule has 6 nitrogen and oxygen atoms in total. The summed E-state index contributed by atoms with van der Waals surface area (Å²) in [5.74, 6) is 0.776. The van der Waals surface area contributed by atoms with E-state index in [4.69, 9.17) is 0 Å². The maximum atomic E-state index is 4.19. The van der Waals surface area contributed by atoms with Crippen LogP contribution >= 0.6 is 0 Å². The molecule has 0 N–H and O–H groups in total. The van der Waals surface area contributed by atoms with Crippen molar-refractivity contribution < 1.29 is 0 Å². The summed E-state index contributed by atoms with van der Waals surface area (Å²) in [6, 6.07) is 13.8. The smallest absolute Gasteiger partial charge is 0.181 e. The topological polar surface area (TPSA) is 61.4 Å². The van der Waals surface area contributed by atoms with Gasteiger partial charge in [0.2, 0.25) is 0 Å². The third kappa shape index (κ3) is 3.01. The number of aromatic nitrogens is 6. The van der Waals surface area contributed by atoms with E-state index in [-0.39, 0.29) is 0 Å². The van der Waals surface area contributed by atoms with E-state index < -0.39 is 0 Å². The Morgan fingerprint density at radius 3 is 2.32 bits per heavy atom. The molecule has 110 valence electrons. The van der Waals surface area contributed by atoms with E-state index in [0.717, 1.165) is 22.6 Å². The van der Waals surface area contributed by atoms with E-state index in [1.165, 1.54) is 0 Å². The van der Waals surface area contributed by atoms with E-state index >= 15 is 0 Å². The van der Waals surface area contributed by atoms with Crippen molar-refractivity contribution in [3.63, 3.8) is 0 Å². The molecule has 4 rings (SSSR count). The van der Waals surface area contributed by atoms with Crippen LogP contribution in [0.4, 0.5) is 0 Å². The molecule has 22 heavy (non-hydrogen) atoms. The summed E-state index contributed by atoms with van der Waals surface area (Å²) in [7, 11) is 3.82. The van der Waals surface area contributed by atoms with Crippen molar-refractivity contribution >= 4 is 11.2 Å². The van der Waals surface area contributed by atoms with Gasteiger partial charge in [-0.05, 0) is 12.1 Å². The van der Waals surface area contributed by atoms with E-state index in [1.54, 1.807) is 23.5 Å². The highest BCUT2D eigenvalue weighted by molar-refractivity contribution is 5.69. The predicted molar refractivity (Wildman–Crippen MR) is 84.9 cm³/mol. The fraction of sp³-hybridized carbons (Fsp3) is 0.125. The molecule has 0 aliphatic carbocycles. The van der Waals surface area contributed by atoms with Crippen molar-refractivity contribution in [3.8, 4) is 11.4 Å². The van der Waals surface area contributed by atoms with Gasteiger partial charge in [0.05, 0.1) is 11.8 Å². The van der Waals surface area contributed by atoms with Crippen LogP contribution in [0, 0.1) is 0 Å². The standard InChI is InChI=1S/C9H9N3.C7H7N3/c1-12-7-10-9(11-12)8-5-3-2-4-6-8;1-10-5-9-7-6(10)3-2-4-8-7/h2-7H,1H3;2-5H,1H3. The van der Waals surface area contributed by atoms with Crippen LogP contribution in [0.3, 0.4) is 0 Å². The van der Waals surface area contributed by atoms with Gasteiger partial charge in [-0.15, -0.1) is 0 Å². The Bertz CT molecular complexity index is 862. The summed E-state index contributed by atoms with van der Waals surface area (Å²) in [5, 5.41) is 4.19. The second kappa shape index (κ2) is 6.17. The molecule has 3 aromatic heterocycles. The summed E-state index contributed by atoms with van der Waals surface area (Å²) in [6.45, 7) is 0. The van der Waals surface area contributed by atoms with Crippen molar-refractivity contribution in [1.82, 2.24) is 29.3 Å². The first kappa shape index (κ1) is 13.9. The lowest BCUT2D eigenvalue weighted by molar-refractivity contribution is 0.768. The number of benzene rings is 1. The van der Waals surface area contributed by atoms with Crippen LogP contribution in [0.1, 0.15) is 0 Å². The van der Waals surface area contributed by atoms with Crippen molar-refractivity contribution in [2.24, 2.45) is 14.1 Å². The Morgan fingerprint density at radius 2 is 1.64 bits per heavy atom. The summed E-state index contributed by atoms with van der Waals surface area (Å²) in [4.78, 5) is 12.3. The van der Waals surface area contributed by atoms with Gasteiger partial charge in [0.15, 0.2) is 11.5 Å². The first-order valence-corrected chi connectivity index (χ1v) is 6.87. The van der Waals surface area contributed by atoms with Gasteiger partial charge in [-0.25, -0.2) is 15.0 Å². The molecule has 0 aliphatic heterocycles. The summed E-state index contributed by atoms with van der Waals surface area (Å²) >= 11 is 0. The molecule has 0 radical (unpaired) electrons. The molecule has 0 bridgehead atoms. The summed E-state index contributed by atoms with van der Waals surface area (Å²) in [6.07, 6.45) is 5.20. The number of imidazole rings is 1. The molecule has 6 heteroatoms. The fourth-order valence-electron chi connectivity index (χ4n) is 2.03. The van der Waals surface area contributed by atoms with Crippen LogP contribution in [0.25, 0.3) is 22.6 Å². The lowest BCUT2D eigenvalue weighted by Crippen LogP contribution is -1.87. The number of hydrogen-bond donors (Lipinski definition) is 0. The van der Waals surface area contributed by atoms with Crippen molar-refractivity contribution in [2.45, 2.75) is 0 Å². The third-order valence-corrected chi connectivity index (χ3v) is 3.13. The quantitative estimate of drug-likeness (QED) is 0.540. The van der Waals surface area contributed by atoms with E-state index in [0.29, 0.717) is 0 Å². The molecule has 4 aromatic rings. The van der Waals surface area contributed by atoms with Gasteiger partial charge in [-0.1, -0.05) is 30.3 Å². The zero-order chi connectivity index (χ0) is 15.4. The van der Waals surface area contributed by atoms with Gasteiger partial charge < -0.3 is 4.57 Å². The Morgan fingerprint density at radius 1 is 0.818 bits per heavy atom.